The fraction of sp³-hybridized carbons (Fsp3) is 0.588. The lowest BCUT2D eigenvalue weighted by molar-refractivity contribution is -0.123. The molecule has 110 valence electrons. The predicted molar refractivity (Wildman–Crippen MR) is 82.7 cm³/mol. The van der Waals surface area contributed by atoms with Crippen LogP contribution >= 0.6 is 0 Å². The Labute approximate surface area is 122 Å². The minimum atomic E-state index is 0.173. The van der Waals surface area contributed by atoms with Crippen molar-refractivity contribution in [2.75, 3.05) is 19.6 Å². The Morgan fingerprint density at radius 3 is 2.85 bits per heavy atom. The van der Waals surface area contributed by atoms with Gasteiger partial charge in [-0.2, -0.15) is 0 Å². The average Bonchev–Trinajstić information content (AvgIpc) is 2.47. The van der Waals surface area contributed by atoms with E-state index in [1.807, 2.05) is 6.07 Å². The van der Waals surface area contributed by atoms with E-state index in [0.29, 0.717) is 12.6 Å². The van der Waals surface area contributed by atoms with E-state index in [1.54, 1.807) is 0 Å². The van der Waals surface area contributed by atoms with Gasteiger partial charge in [0.15, 0.2) is 0 Å². The third-order valence-corrected chi connectivity index (χ3v) is 4.09. The zero-order valence-electron chi connectivity index (χ0n) is 12.5. The number of hydrogen-bond donors (Lipinski definition) is 1. The first-order valence-corrected chi connectivity index (χ1v) is 7.80. The molecule has 1 fully saturated rings. The van der Waals surface area contributed by atoms with Crippen LogP contribution in [-0.4, -0.2) is 36.5 Å². The number of benzene rings is 1. The number of rotatable bonds is 6. The molecule has 1 saturated heterocycles. The van der Waals surface area contributed by atoms with E-state index >= 15 is 0 Å². The van der Waals surface area contributed by atoms with Crippen molar-refractivity contribution in [3.05, 3.63) is 35.9 Å². The molecule has 0 unspecified atom stereocenters. The summed E-state index contributed by atoms with van der Waals surface area (Å²) in [5.74, 6) is 0.173. The van der Waals surface area contributed by atoms with E-state index in [2.05, 4.69) is 41.4 Å². The topological polar surface area (TPSA) is 32.3 Å². The van der Waals surface area contributed by atoms with Crippen LogP contribution in [0, 0.1) is 0 Å². The average molecular weight is 274 g/mol. The normalized spacial score (nSPS) is 19.8. The second-order valence-electron chi connectivity index (χ2n) is 5.75. The van der Waals surface area contributed by atoms with Crippen LogP contribution in [-0.2, 0) is 11.2 Å². The van der Waals surface area contributed by atoms with E-state index in [1.165, 1.54) is 24.8 Å². The Morgan fingerprint density at radius 2 is 2.10 bits per heavy atom. The molecule has 3 nitrogen and oxygen atoms in total. The Morgan fingerprint density at radius 1 is 1.30 bits per heavy atom. The molecule has 1 aliphatic heterocycles. The van der Waals surface area contributed by atoms with Gasteiger partial charge in [0.05, 0.1) is 6.54 Å². The highest BCUT2D eigenvalue weighted by molar-refractivity contribution is 5.78. The molecule has 0 spiro atoms. The fourth-order valence-electron chi connectivity index (χ4n) is 2.80. The number of carbonyl (C=O) groups excluding carboxylic acids is 1. The highest BCUT2D eigenvalue weighted by Crippen LogP contribution is 2.15. The molecular formula is C17H26N2O. The molecule has 0 radical (unpaired) electrons. The van der Waals surface area contributed by atoms with Crippen LogP contribution in [0.15, 0.2) is 30.3 Å². The molecule has 2 rings (SSSR count). The molecule has 0 bridgehead atoms. The van der Waals surface area contributed by atoms with Gasteiger partial charge < -0.3 is 5.32 Å². The number of nitrogens with one attached hydrogen (secondary N) is 1. The molecule has 0 aliphatic carbocycles. The molecule has 3 heteroatoms. The number of amides is 1. The van der Waals surface area contributed by atoms with E-state index in [9.17, 15) is 4.79 Å². The molecule has 1 aromatic carbocycles. The molecule has 20 heavy (non-hydrogen) atoms. The molecule has 0 aromatic heterocycles. The molecule has 0 saturated carbocycles. The second-order valence-corrected chi connectivity index (χ2v) is 5.75. The number of aryl methyl sites for hydroxylation is 1. The first-order chi connectivity index (χ1) is 9.75. The quantitative estimate of drug-likeness (QED) is 0.809. The number of hydrogen-bond acceptors (Lipinski definition) is 2. The first kappa shape index (κ1) is 15.0. The minimum absolute atomic E-state index is 0.173. The molecular weight excluding hydrogens is 248 g/mol. The summed E-state index contributed by atoms with van der Waals surface area (Å²) in [6, 6.07) is 11.0. The van der Waals surface area contributed by atoms with Crippen molar-refractivity contribution in [1.82, 2.24) is 10.2 Å². The van der Waals surface area contributed by atoms with Crippen LogP contribution in [0.1, 0.15) is 38.2 Å². The Kier molecular flexibility index (Phi) is 6.06. The first-order valence-electron chi connectivity index (χ1n) is 7.80. The highest BCUT2D eigenvalue weighted by atomic mass is 16.2. The number of carbonyl (C=O) groups is 1. The van der Waals surface area contributed by atoms with E-state index < -0.39 is 0 Å². The van der Waals surface area contributed by atoms with Gasteiger partial charge in [0, 0.05) is 12.6 Å². The predicted octanol–water partition coefficient (Wildman–Crippen LogP) is 2.61. The van der Waals surface area contributed by atoms with Crippen LogP contribution in [0.3, 0.4) is 0 Å². The zero-order chi connectivity index (χ0) is 14.2. The van der Waals surface area contributed by atoms with Gasteiger partial charge in [-0.25, -0.2) is 0 Å². The van der Waals surface area contributed by atoms with Crippen molar-refractivity contribution in [1.29, 1.82) is 0 Å². The van der Waals surface area contributed by atoms with Crippen LogP contribution < -0.4 is 5.32 Å². The Balaban J connectivity index is 1.60. The maximum absolute atomic E-state index is 11.9. The molecule has 1 heterocycles. The van der Waals surface area contributed by atoms with Gasteiger partial charge >= 0.3 is 0 Å². The molecule has 1 aliphatic rings. The second kappa shape index (κ2) is 8.05. The SMILES string of the molecule is C[C@@H]1CCCCN1CC(=O)NCCCc1ccccc1. The van der Waals surface area contributed by atoms with Gasteiger partial charge in [-0.3, -0.25) is 9.69 Å². The fourth-order valence-corrected chi connectivity index (χ4v) is 2.80. The lowest BCUT2D eigenvalue weighted by Gasteiger charge is -2.32. The van der Waals surface area contributed by atoms with Crippen molar-refractivity contribution >= 4 is 5.91 Å². The number of piperidine rings is 1. The van der Waals surface area contributed by atoms with Crippen LogP contribution in [0.25, 0.3) is 0 Å². The van der Waals surface area contributed by atoms with Crippen molar-refractivity contribution in [3.63, 3.8) is 0 Å². The molecule has 1 aromatic rings. The lowest BCUT2D eigenvalue weighted by atomic mass is 10.0. The summed E-state index contributed by atoms with van der Waals surface area (Å²) in [6.07, 6.45) is 5.79. The maximum Gasteiger partial charge on any atom is 0.234 e. The van der Waals surface area contributed by atoms with E-state index in [4.69, 9.17) is 0 Å². The smallest absolute Gasteiger partial charge is 0.234 e. The van der Waals surface area contributed by atoms with Gasteiger partial charge in [-0.15, -0.1) is 0 Å². The van der Waals surface area contributed by atoms with Gasteiger partial charge in [0.2, 0.25) is 5.91 Å². The minimum Gasteiger partial charge on any atom is -0.355 e. The summed E-state index contributed by atoms with van der Waals surface area (Å²) < 4.78 is 0. The van der Waals surface area contributed by atoms with E-state index in [-0.39, 0.29) is 5.91 Å². The van der Waals surface area contributed by atoms with Crippen molar-refractivity contribution in [3.8, 4) is 0 Å². The van der Waals surface area contributed by atoms with Crippen molar-refractivity contribution in [2.24, 2.45) is 0 Å². The van der Waals surface area contributed by atoms with E-state index in [0.717, 1.165) is 25.9 Å². The van der Waals surface area contributed by atoms with Gasteiger partial charge in [0.1, 0.15) is 0 Å². The monoisotopic (exact) mass is 274 g/mol. The van der Waals surface area contributed by atoms with Crippen LogP contribution in [0.5, 0.6) is 0 Å². The van der Waals surface area contributed by atoms with Gasteiger partial charge in [-0.1, -0.05) is 36.8 Å². The molecule has 1 atom stereocenters. The van der Waals surface area contributed by atoms with Crippen LogP contribution in [0.2, 0.25) is 0 Å². The summed E-state index contributed by atoms with van der Waals surface area (Å²) in [7, 11) is 0. The molecule has 1 amide bonds. The Bertz CT molecular complexity index is 405. The summed E-state index contributed by atoms with van der Waals surface area (Å²) in [5.41, 5.74) is 1.34. The number of nitrogens with zero attached hydrogens (tertiary/aromatic N) is 1. The van der Waals surface area contributed by atoms with Gasteiger partial charge in [0.25, 0.3) is 0 Å². The van der Waals surface area contributed by atoms with Crippen LogP contribution in [0.4, 0.5) is 0 Å². The lowest BCUT2D eigenvalue weighted by Crippen LogP contribution is -2.44. The van der Waals surface area contributed by atoms with Gasteiger partial charge in [-0.05, 0) is 44.7 Å². The molecule has 1 N–H and O–H groups in total. The van der Waals surface area contributed by atoms with Crippen molar-refractivity contribution in [2.45, 2.75) is 45.1 Å². The Hall–Kier alpha value is -1.35. The summed E-state index contributed by atoms with van der Waals surface area (Å²) in [4.78, 5) is 14.2. The largest absolute Gasteiger partial charge is 0.355 e. The maximum atomic E-state index is 11.9. The highest BCUT2D eigenvalue weighted by Gasteiger charge is 2.19. The number of likely N-dealkylation sites (tertiary alicyclic amines) is 1. The van der Waals surface area contributed by atoms with Crippen molar-refractivity contribution < 1.29 is 4.79 Å². The summed E-state index contributed by atoms with van der Waals surface area (Å²) >= 11 is 0. The third kappa shape index (κ3) is 4.97. The summed E-state index contributed by atoms with van der Waals surface area (Å²) in [5, 5.41) is 3.04. The zero-order valence-corrected chi connectivity index (χ0v) is 12.5. The standard InChI is InChI=1S/C17H26N2O/c1-15-8-5-6-13-19(15)14-17(20)18-12-7-11-16-9-3-2-4-10-16/h2-4,9-10,15H,5-8,11-14H2,1H3,(H,18,20)/t15-/m1/s1. The third-order valence-electron chi connectivity index (χ3n) is 4.09. The summed E-state index contributed by atoms with van der Waals surface area (Å²) in [6.45, 7) is 4.63.